The molecule has 342 valence electrons. The van der Waals surface area contributed by atoms with Crippen LogP contribution in [0.4, 0.5) is 26.7 Å². The van der Waals surface area contributed by atoms with Crippen LogP contribution in [0.3, 0.4) is 0 Å². The monoisotopic (exact) mass is 910 g/mol. The Labute approximate surface area is 379 Å². The van der Waals surface area contributed by atoms with Gasteiger partial charge in [0.05, 0.1) is 16.9 Å². The molecule has 1 unspecified atom stereocenters. The molecule has 3 aromatic carbocycles. The molecule has 2 aliphatic heterocycles. The first-order chi connectivity index (χ1) is 30.8. The van der Waals surface area contributed by atoms with Crippen LogP contribution < -0.4 is 15.5 Å². The number of aliphatic hydroxyl groups excluding tert-OH is 1. The zero-order chi connectivity index (χ0) is 46.8. The van der Waals surface area contributed by atoms with Crippen LogP contribution in [0.25, 0.3) is 16.6 Å². The van der Waals surface area contributed by atoms with Gasteiger partial charge in [-0.05, 0) is 131 Å². The van der Waals surface area contributed by atoms with E-state index in [1.54, 1.807) is 101 Å². The molecule has 0 bridgehead atoms. The highest BCUT2D eigenvalue weighted by Gasteiger charge is 2.41. The van der Waals surface area contributed by atoms with Crippen molar-refractivity contribution in [3.8, 4) is 5.69 Å². The van der Waals surface area contributed by atoms with E-state index >= 15 is 0 Å². The minimum absolute atomic E-state index is 0.00394. The molecule has 5 amide bonds. The number of nitrogens with zero attached hydrogens (tertiary/aromatic N) is 8. The van der Waals surface area contributed by atoms with E-state index in [-0.39, 0.29) is 55.1 Å². The number of esters is 1. The maximum Gasteiger partial charge on any atom is 0.419 e. The number of piperidine rings is 1. The van der Waals surface area contributed by atoms with Gasteiger partial charge in [-0.15, -0.1) is 5.10 Å². The van der Waals surface area contributed by atoms with Crippen molar-refractivity contribution in [2.75, 3.05) is 48.3 Å². The summed E-state index contributed by atoms with van der Waals surface area (Å²) in [7, 11) is 0. The zero-order valence-corrected chi connectivity index (χ0v) is 37.7. The number of anilines is 3. The van der Waals surface area contributed by atoms with Crippen molar-refractivity contribution in [2.24, 2.45) is 5.92 Å². The van der Waals surface area contributed by atoms with Crippen LogP contribution in [0, 0.1) is 5.92 Å². The number of benzene rings is 3. The lowest BCUT2D eigenvalue weighted by Crippen LogP contribution is -2.60. The molecular weight excluding hydrogens is 860 g/mol. The number of tetrazole rings is 1. The highest BCUT2D eigenvalue weighted by atomic mass is 35.5. The molecule has 20 heteroatoms. The van der Waals surface area contributed by atoms with E-state index in [4.69, 9.17) is 21.1 Å². The van der Waals surface area contributed by atoms with Crippen LogP contribution in [0.2, 0.25) is 5.02 Å². The largest absolute Gasteiger partial charge is 0.455 e. The predicted molar refractivity (Wildman–Crippen MR) is 240 cm³/mol. The third kappa shape index (κ3) is 10.7. The van der Waals surface area contributed by atoms with Crippen LogP contribution in [-0.2, 0) is 30.3 Å². The Morgan fingerprint density at radius 3 is 2.25 bits per heavy atom. The minimum Gasteiger partial charge on any atom is -0.455 e. The second kappa shape index (κ2) is 18.7. The number of hydrogen-bond donors (Lipinski definition) is 3. The SMILES string of the molecule is CC(C)(C)OC(=O)c1cc2cc(NC(=O)[C@H](Cc3ccc(NC(=O)N4CCCC(CO)C4)cc3)N3CCN(c4cc(Cl)ccc4-n4cnnn4)C(=O)C3=O)ccc2n1C(=O)OC(C)(C)C. The molecule has 2 saturated heterocycles. The number of likely N-dealkylation sites (tertiary alicyclic amines) is 1. The quantitative estimate of drug-likeness (QED) is 0.114. The molecule has 0 saturated carbocycles. The van der Waals surface area contributed by atoms with Crippen molar-refractivity contribution in [3.05, 3.63) is 89.3 Å². The Hall–Kier alpha value is -6.86. The van der Waals surface area contributed by atoms with Gasteiger partial charge in [0, 0.05) is 61.0 Å². The van der Waals surface area contributed by atoms with Gasteiger partial charge in [0.2, 0.25) is 5.91 Å². The molecule has 2 fully saturated rings. The lowest BCUT2D eigenvalue weighted by molar-refractivity contribution is -0.149. The van der Waals surface area contributed by atoms with Gasteiger partial charge in [-0.25, -0.2) is 19.0 Å². The molecule has 0 spiro atoms. The number of piperazine rings is 1. The van der Waals surface area contributed by atoms with E-state index in [9.17, 15) is 33.9 Å². The second-order valence-corrected chi connectivity index (χ2v) is 18.4. The predicted octanol–water partition coefficient (Wildman–Crippen LogP) is 5.67. The average molecular weight is 911 g/mol. The molecule has 2 atom stereocenters. The number of carbonyl (C=O) groups is 6. The van der Waals surface area contributed by atoms with E-state index in [0.717, 1.165) is 17.4 Å². The summed E-state index contributed by atoms with van der Waals surface area (Å²) in [5.74, 6) is -3.23. The molecule has 0 radical (unpaired) electrons. The fourth-order valence-electron chi connectivity index (χ4n) is 7.75. The number of nitrogens with one attached hydrogen (secondary N) is 2. The van der Waals surface area contributed by atoms with E-state index in [0.29, 0.717) is 46.0 Å². The van der Waals surface area contributed by atoms with Crippen LogP contribution in [0.5, 0.6) is 0 Å². The Balaban J connectivity index is 1.18. The number of halogens is 1. The molecule has 7 rings (SSSR count). The summed E-state index contributed by atoms with van der Waals surface area (Å²) < 4.78 is 13.7. The van der Waals surface area contributed by atoms with Gasteiger partial charge in [-0.2, -0.15) is 4.68 Å². The molecule has 4 heterocycles. The normalized spacial score (nSPS) is 16.4. The summed E-state index contributed by atoms with van der Waals surface area (Å²) in [4.78, 5) is 87.0. The zero-order valence-electron chi connectivity index (χ0n) is 36.9. The van der Waals surface area contributed by atoms with Gasteiger partial charge in [-0.1, -0.05) is 23.7 Å². The molecule has 5 aromatic rings. The van der Waals surface area contributed by atoms with Crippen LogP contribution in [0.1, 0.15) is 70.4 Å². The number of hydrogen-bond acceptors (Lipinski definition) is 12. The molecule has 19 nitrogen and oxygen atoms in total. The van der Waals surface area contributed by atoms with Crippen molar-refractivity contribution in [2.45, 2.75) is 78.0 Å². The first kappa shape index (κ1) is 46.1. The fourth-order valence-corrected chi connectivity index (χ4v) is 7.92. The number of ether oxygens (including phenoxy) is 2. The van der Waals surface area contributed by atoms with E-state index in [1.165, 1.54) is 32.9 Å². The van der Waals surface area contributed by atoms with Crippen molar-refractivity contribution in [3.63, 3.8) is 0 Å². The number of fused-ring (bicyclic) bond motifs is 1. The first-order valence-electron chi connectivity index (χ1n) is 21.1. The summed E-state index contributed by atoms with van der Waals surface area (Å²) in [6.07, 6.45) is 2.14. The number of carbonyl (C=O) groups excluding carboxylic acids is 6. The third-order valence-electron chi connectivity index (χ3n) is 10.7. The Kier molecular flexibility index (Phi) is 13.3. The number of amides is 5. The highest BCUT2D eigenvalue weighted by molar-refractivity contribution is 6.41. The molecule has 2 aromatic heterocycles. The maximum absolute atomic E-state index is 14.5. The summed E-state index contributed by atoms with van der Waals surface area (Å²) in [6.45, 7) is 11.2. The van der Waals surface area contributed by atoms with E-state index in [1.807, 2.05) is 0 Å². The van der Waals surface area contributed by atoms with Crippen molar-refractivity contribution >= 4 is 75.4 Å². The Morgan fingerprint density at radius 2 is 1.57 bits per heavy atom. The topological polar surface area (TPSA) is 223 Å². The number of aliphatic hydroxyl groups is 1. The second-order valence-electron chi connectivity index (χ2n) is 17.9. The van der Waals surface area contributed by atoms with Gasteiger partial charge >= 0.3 is 29.9 Å². The number of aromatic nitrogens is 5. The molecule has 0 aliphatic carbocycles. The molecular formula is C45H51ClN10O9. The van der Waals surface area contributed by atoms with Crippen LogP contribution in [-0.4, -0.2) is 126 Å². The van der Waals surface area contributed by atoms with Gasteiger partial charge < -0.3 is 39.9 Å². The van der Waals surface area contributed by atoms with E-state index < -0.39 is 47.0 Å². The summed E-state index contributed by atoms with van der Waals surface area (Å²) in [5, 5.41) is 27.4. The minimum atomic E-state index is -1.23. The summed E-state index contributed by atoms with van der Waals surface area (Å²) in [5.41, 5.74) is 0.548. The Morgan fingerprint density at radius 1 is 0.846 bits per heavy atom. The standard InChI is InChI=1S/C45H51ClN10O9/c1-44(2,3)64-41(61)37-22-29-21-32(14-16-33(29)56(37)43(63)65-45(4,5)6)48-38(58)36(20-27-9-12-31(13-10-27)49-42(62)52-17-7-8-28(24-52)25-57)54-19-18-53(39(59)40(54)60)35-23-30(46)11-15-34(35)55-26-47-50-51-55/h9-16,21-23,26,28,36,57H,7-8,17-20,24-25H2,1-6H3,(H,48,58)(H,49,62)/t28?,36-/m0/s1. The van der Waals surface area contributed by atoms with Gasteiger partial charge in [0.25, 0.3) is 0 Å². The first-order valence-corrected chi connectivity index (χ1v) is 21.5. The summed E-state index contributed by atoms with van der Waals surface area (Å²) >= 11 is 6.36. The van der Waals surface area contributed by atoms with Gasteiger partial charge in [-0.3, -0.25) is 14.4 Å². The highest BCUT2D eigenvalue weighted by Crippen LogP contribution is 2.31. The average Bonchev–Trinajstić information content (AvgIpc) is 3.92. The van der Waals surface area contributed by atoms with Crippen LogP contribution in [0.15, 0.2) is 73.1 Å². The molecule has 2 aliphatic rings. The van der Waals surface area contributed by atoms with Gasteiger partial charge in [0.1, 0.15) is 29.3 Å². The third-order valence-corrected chi connectivity index (χ3v) is 10.9. The maximum atomic E-state index is 14.5. The fraction of sp³-hybridized carbons (Fsp3) is 0.400. The lowest BCUT2D eigenvalue weighted by atomic mass is 9.99. The van der Waals surface area contributed by atoms with Crippen molar-refractivity contribution < 1.29 is 43.3 Å². The Bertz CT molecular complexity index is 2620. The smallest absolute Gasteiger partial charge is 0.419 e. The van der Waals surface area contributed by atoms with Crippen molar-refractivity contribution in [1.29, 1.82) is 0 Å². The molecule has 3 N–H and O–H groups in total. The van der Waals surface area contributed by atoms with Gasteiger partial charge in [0.15, 0.2) is 0 Å². The number of urea groups is 1. The molecule has 65 heavy (non-hydrogen) atoms. The lowest BCUT2D eigenvalue weighted by Gasteiger charge is -2.38. The number of rotatable bonds is 10. The van der Waals surface area contributed by atoms with Crippen molar-refractivity contribution in [1.82, 2.24) is 34.6 Å². The van der Waals surface area contributed by atoms with Crippen LogP contribution >= 0.6 is 11.6 Å². The summed E-state index contributed by atoms with van der Waals surface area (Å²) in [6, 6.07) is 16.2. The van der Waals surface area contributed by atoms with E-state index in [2.05, 4.69) is 26.2 Å².